The first-order valence-electron chi connectivity index (χ1n) is 6.22. The van der Waals surface area contributed by atoms with Crippen LogP contribution in [0.3, 0.4) is 0 Å². The summed E-state index contributed by atoms with van der Waals surface area (Å²) in [5, 5.41) is 13.2. The van der Waals surface area contributed by atoms with Gasteiger partial charge in [-0.05, 0) is 12.1 Å². The predicted octanol–water partition coefficient (Wildman–Crippen LogP) is 2.14. The van der Waals surface area contributed by atoms with Gasteiger partial charge in [-0.3, -0.25) is 4.79 Å². The van der Waals surface area contributed by atoms with E-state index in [1.54, 1.807) is 36.9 Å². The Labute approximate surface area is 126 Å². The van der Waals surface area contributed by atoms with Gasteiger partial charge < -0.3 is 15.2 Å². The number of aromatic nitrogens is 1. The van der Waals surface area contributed by atoms with E-state index in [0.717, 1.165) is 5.56 Å². The number of anilines is 1. The number of ether oxygens (including phenoxy) is 1. The zero-order chi connectivity index (χ0) is 15.1. The lowest BCUT2D eigenvalue weighted by molar-refractivity contribution is 0.103. The molecule has 2 aromatic heterocycles. The number of aliphatic hydroxyl groups excluding tert-OH is 1. The highest BCUT2D eigenvalue weighted by atomic mass is 32.1. The number of hydrogen-bond donors (Lipinski definition) is 2. The van der Waals surface area contributed by atoms with Crippen molar-refractivity contribution in [1.29, 1.82) is 0 Å². The van der Waals surface area contributed by atoms with Crippen molar-refractivity contribution in [2.24, 2.45) is 0 Å². The molecular formula is C15H14N2O3S. The lowest BCUT2D eigenvalue weighted by Crippen LogP contribution is -2.11. The summed E-state index contributed by atoms with van der Waals surface area (Å²) in [4.78, 5) is 16.7. The molecule has 0 fully saturated rings. The summed E-state index contributed by atoms with van der Waals surface area (Å²) in [6.07, 6.45) is 1.99. The van der Waals surface area contributed by atoms with Crippen molar-refractivity contribution in [2.75, 3.05) is 19.0 Å². The lowest BCUT2D eigenvalue weighted by Gasteiger charge is -2.02. The molecular weight excluding hydrogens is 288 g/mol. The normalized spacial score (nSPS) is 9.62. The molecule has 0 aliphatic rings. The summed E-state index contributed by atoms with van der Waals surface area (Å²) < 4.78 is 5.05. The molecule has 0 unspecified atom stereocenters. The summed E-state index contributed by atoms with van der Waals surface area (Å²) in [6.45, 7) is 0.0297. The number of carbonyl (C=O) groups is 1. The number of methoxy groups -OCH3 is 1. The molecule has 0 bridgehead atoms. The van der Waals surface area contributed by atoms with Crippen molar-refractivity contribution in [3.63, 3.8) is 0 Å². The van der Waals surface area contributed by atoms with Crippen LogP contribution in [0.2, 0.25) is 0 Å². The van der Waals surface area contributed by atoms with Gasteiger partial charge in [-0.15, -0.1) is 11.3 Å². The van der Waals surface area contributed by atoms with E-state index in [9.17, 15) is 4.79 Å². The SMILES string of the molecule is COc1csc(C(=O)Nc2cc(C#CCCO)ccn2)c1. The zero-order valence-electron chi connectivity index (χ0n) is 11.4. The van der Waals surface area contributed by atoms with E-state index in [4.69, 9.17) is 9.84 Å². The average Bonchev–Trinajstić information content (AvgIpc) is 2.97. The third-order valence-electron chi connectivity index (χ3n) is 2.51. The standard InChI is InChI=1S/C15H14N2O3S/c1-20-12-9-13(21-10-12)15(19)17-14-8-11(5-6-16-14)4-2-3-7-18/h5-6,8-10,18H,3,7H2,1H3,(H,16,17,19). The molecule has 2 heterocycles. The van der Waals surface area contributed by atoms with Gasteiger partial charge in [0, 0.05) is 29.6 Å². The van der Waals surface area contributed by atoms with Crippen molar-refractivity contribution in [2.45, 2.75) is 6.42 Å². The van der Waals surface area contributed by atoms with Crippen LogP contribution in [0.5, 0.6) is 5.75 Å². The fraction of sp³-hybridized carbons (Fsp3) is 0.200. The number of pyridine rings is 1. The number of thiophene rings is 1. The van der Waals surface area contributed by atoms with Crippen LogP contribution in [0, 0.1) is 11.8 Å². The second-order valence-electron chi connectivity index (χ2n) is 4.01. The molecule has 108 valence electrons. The van der Waals surface area contributed by atoms with Crippen LogP contribution in [0.1, 0.15) is 21.7 Å². The molecule has 2 aromatic rings. The minimum absolute atomic E-state index is 0.0297. The fourth-order valence-corrected chi connectivity index (χ4v) is 2.27. The predicted molar refractivity (Wildman–Crippen MR) is 81.6 cm³/mol. The highest BCUT2D eigenvalue weighted by Crippen LogP contribution is 2.21. The number of hydrogen-bond acceptors (Lipinski definition) is 5. The topological polar surface area (TPSA) is 71.5 Å². The molecule has 0 saturated heterocycles. The largest absolute Gasteiger partial charge is 0.496 e. The van der Waals surface area contributed by atoms with E-state index in [1.807, 2.05) is 0 Å². The Kier molecular flexibility index (Phi) is 5.32. The highest BCUT2D eigenvalue weighted by Gasteiger charge is 2.10. The first kappa shape index (κ1) is 15.0. The van der Waals surface area contributed by atoms with Gasteiger partial charge in [0.05, 0.1) is 18.6 Å². The number of nitrogens with one attached hydrogen (secondary N) is 1. The first-order chi connectivity index (χ1) is 10.2. The molecule has 2 rings (SSSR count). The van der Waals surface area contributed by atoms with Crippen LogP contribution in [-0.2, 0) is 0 Å². The highest BCUT2D eigenvalue weighted by molar-refractivity contribution is 7.12. The minimum Gasteiger partial charge on any atom is -0.496 e. The van der Waals surface area contributed by atoms with Crippen molar-refractivity contribution in [3.8, 4) is 17.6 Å². The zero-order valence-corrected chi connectivity index (χ0v) is 12.2. The van der Waals surface area contributed by atoms with Gasteiger partial charge in [0.25, 0.3) is 5.91 Å². The molecule has 6 heteroatoms. The second-order valence-corrected chi connectivity index (χ2v) is 4.92. The smallest absolute Gasteiger partial charge is 0.267 e. The number of amides is 1. The number of aliphatic hydroxyl groups is 1. The summed E-state index contributed by atoms with van der Waals surface area (Å²) >= 11 is 1.30. The van der Waals surface area contributed by atoms with E-state index in [1.165, 1.54) is 11.3 Å². The number of rotatable bonds is 4. The first-order valence-corrected chi connectivity index (χ1v) is 7.10. The maximum Gasteiger partial charge on any atom is 0.267 e. The maximum atomic E-state index is 12.0. The second kappa shape index (κ2) is 7.43. The molecule has 21 heavy (non-hydrogen) atoms. The molecule has 0 radical (unpaired) electrons. The van der Waals surface area contributed by atoms with Gasteiger partial charge in [0.15, 0.2) is 0 Å². The van der Waals surface area contributed by atoms with Crippen molar-refractivity contribution >= 4 is 23.1 Å². The minimum atomic E-state index is -0.240. The third kappa shape index (κ3) is 4.31. The van der Waals surface area contributed by atoms with Gasteiger partial charge in [0.2, 0.25) is 0 Å². The molecule has 1 amide bonds. The Morgan fingerprint density at radius 1 is 1.52 bits per heavy atom. The molecule has 0 saturated carbocycles. The molecule has 0 spiro atoms. The van der Waals surface area contributed by atoms with E-state index < -0.39 is 0 Å². The van der Waals surface area contributed by atoms with Crippen LogP contribution < -0.4 is 10.1 Å². The van der Waals surface area contributed by atoms with Gasteiger partial charge in [-0.1, -0.05) is 11.8 Å². The van der Waals surface area contributed by atoms with Crippen LogP contribution >= 0.6 is 11.3 Å². The van der Waals surface area contributed by atoms with E-state index in [0.29, 0.717) is 22.9 Å². The summed E-state index contributed by atoms with van der Waals surface area (Å²) in [5.41, 5.74) is 0.734. The van der Waals surface area contributed by atoms with E-state index in [2.05, 4.69) is 22.1 Å². The Morgan fingerprint density at radius 2 is 2.38 bits per heavy atom. The van der Waals surface area contributed by atoms with Gasteiger partial charge in [-0.25, -0.2) is 4.98 Å². The summed E-state index contributed by atoms with van der Waals surface area (Å²) in [5.74, 6) is 6.56. The van der Waals surface area contributed by atoms with Gasteiger partial charge in [-0.2, -0.15) is 0 Å². The number of carbonyl (C=O) groups excluding carboxylic acids is 1. The fourth-order valence-electron chi connectivity index (χ4n) is 1.52. The Morgan fingerprint density at radius 3 is 3.10 bits per heavy atom. The van der Waals surface area contributed by atoms with Crippen molar-refractivity contribution in [3.05, 3.63) is 40.2 Å². The van der Waals surface area contributed by atoms with E-state index in [-0.39, 0.29) is 12.5 Å². The number of nitrogens with zero attached hydrogens (tertiary/aromatic N) is 1. The average molecular weight is 302 g/mol. The Hall–Kier alpha value is -2.36. The maximum absolute atomic E-state index is 12.0. The molecule has 5 nitrogen and oxygen atoms in total. The molecule has 2 N–H and O–H groups in total. The monoisotopic (exact) mass is 302 g/mol. The molecule has 0 atom stereocenters. The van der Waals surface area contributed by atoms with Gasteiger partial charge in [0.1, 0.15) is 11.6 Å². The quantitative estimate of drug-likeness (QED) is 0.849. The van der Waals surface area contributed by atoms with Crippen LogP contribution in [0.25, 0.3) is 0 Å². The van der Waals surface area contributed by atoms with Crippen LogP contribution in [-0.4, -0.2) is 29.7 Å². The lowest BCUT2D eigenvalue weighted by atomic mass is 10.2. The van der Waals surface area contributed by atoms with Crippen LogP contribution in [0.15, 0.2) is 29.8 Å². The van der Waals surface area contributed by atoms with Crippen molar-refractivity contribution in [1.82, 2.24) is 4.98 Å². The third-order valence-corrected chi connectivity index (χ3v) is 3.41. The summed E-state index contributed by atoms with van der Waals surface area (Å²) in [6, 6.07) is 5.10. The molecule has 0 aromatic carbocycles. The van der Waals surface area contributed by atoms with Gasteiger partial charge >= 0.3 is 0 Å². The van der Waals surface area contributed by atoms with Crippen molar-refractivity contribution < 1.29 is 14.6 Å². The Balaban J connectivity index is 2.07. The summed E-state index contributed by atoms with van der Waals surface area (Å²) in [7, 11) is 1.56. The molecule has 0 aliphatic carbocycles. The Bertz CT molecular complexity index is 685. The van der Waals surface area contributed by atoms with Crippen LogP contribution in [0.4, 0.5) is 5.82 Å². The molecule has 0 aliphatic heterocycles. The van der Waals surface area contributed by atoms with E-state index >= 15 is 0 Å².